The minimum atomic E-state index is 0.862. The molecule has 0 heterocycles. The van der Waals surface area contributed by atoms with Gasteiger partial charge in [-0.3, -0.25) is 0 Å². The maximum Gasteiger partial charge on any atom is -0.00174 e. The zero-order valence-electron chi connectivity index (χ0n) is 11.3. The predicted octanol–water partition coefficient (Wildman–Crippen LogP) is 5.37. The summed E-state index contributed by atoms with van der Waals surface area (Å²) in [7, 11) is 0. The van der Waals surface area contributed by atoms with Crippen molar-refractivity contribution in [2.45, 2.75) is 45.4 Å². The Hall–Kier alpha value is -1.30. The second-order valence-corrected chi connectivity index (χ2v) is 5.74. The maximum atomic E-state index is 2.57. The highest BCUT2D eigenvalue weighted by molar-refractivity contribution is 5.81. The van der Waals surface area contributed by atoms with E-state index < -0.39 is 0 Å². The summed E-state index contributed by atoms with van der Waals surface area (Å²) in [5.41, 5.74) is 6.11. The molecule has 0 spiro atoms. The van der Waals surface area contributed by atoms with Crippen LogP contribution < -0.4 is 0 Å². The van der Waals surface area contributed by atoms with E-state index in [1.54, 1.807) is 11.1 Å². The maximum absolute atomic E-state index is 2.57. The summed E-state index contributed by atoms with van der Waals surface area (Å²) in [5.74, 6) is 0.862. The van der Waals surface area contributed by atoms with Gasteiger partial charge < -0.3 is 0 Å². The van der Waals surface area contributed by atoms with Gasteiger partial charge in [0.1, 0.15) is 0 Å². The summed E-state index contributed by atoms with van der Waals surface area (Å²) in [5, 5.41) is 0. The number of rotatable bonds is 2. The molecular weight excluding hydrogens is 216 g/mol. The highest BCUT2D eigenvalue weighted by Gasteiger charge is 2.22. The van der Waals surface area contributed by atoms with Gasteiger partial charge in [0.25, 0.3) is 0 Å². The van der Waals surface area contributed by atoms with E-state index in [1.165, 1.54) is 49.7 Å². The molecule has 0 amide bonds. The lowest BCUT2D eigenvalue weighted by molar-refractivity contribution is 0.417. The molecule has 1 aromatic rings. The number of hydrogen-bond acceptors (Lipinski definition) is 0. The predicted molar refractivity (Wildman–Crippen MR) is 78.3 cm³/mol. The van der Waals surface area contributed by atoms with Gasteiger partial charge >= 0.3 is 0 Å². The molecule has 0 atom stereocenters. The Morgan fingerprint density at radius 1 is 1.00 bits per heavy atom. The lowest BCUT2D eigenvalue weighted by Gasteiger charge is -2.28. The van der Waals surface area contributed by atoms with Gasteiger partial charge in [0.05, 0.1) is 0 Å². The van der Waals surface area contributed by atoms with Crippen LogP contribution in [0.2, 0.25) is 0 Å². The summed E-state index contributed by atoms with van der Waals surface area (Å²) in [6.45, 7) is 2.29. The summed E-state index contributed by atoms with van der Waals surface area (Å²) >= 11 is 0. The van der Waals surface area contributed by atoms with Crippen LogP contribution in [-0.2, 0) is 0 Å². The third kappa shape index (κ3) is 2.29. The summed E-state index contributed by atoms with van der Waals surface area (Å²) in [6, 6.07) is 10.8. The smallest absolute Gasteiger partial charge is 0.00174 e. The van der Waals surface area contributed by atoms with E-state index in [1.807, 2.05) is 0 Å². The molecule has 2 aliphatic rings. The molecule has 0 radical (unpaired) electrons. The van der Waals surface area contributed by atoms with Crippen molar-refractivity contribution in [3.05, 3.63) is 53.1 Å². The number of allylic oxidation sites excluding steroid dienone is 4. The van der Waals surface area contributed by atoms with E-state index in [4.69, 9.17) is 0 Å². The quantitative estimate of drug-likeness (QED) is 0.649. The Bertz CT molecular complexity index is 470. The highest BCUT2D eigenvalue weighted by atomic mass is 14.3. The first-order valence-corrected chi connectivity index (χ1v) is 7.31. The fourth-order valence-electron chi connectivity index (χ4n) is 3.27. The van der Waals surface area contributed by atoms with Gasteiger partial charge in [-0.1, -0.05) is 55.7 Å². The van der Waals surface area contributed by atoms with Gasteiger partial charge in [-0.2, -0.15) is 0 Å². The normalized spacial score (nSPS) is 23.3. The molecule has 0 aromatic heterocycles. The third-order valence-corrected chi connectivity index (χ3v) is 4.51. The molecule has 3 rings (SSSR count). The molecule has 1 fully saturated rings. The van der Waals surface area contributed by atoms with Crippen LogP contribution in [0.25, 0.3) is 5.57 Å². The average molecular weight is 238 g/mol. The Kier molecular flexibility index (Phi) is 3.36. The SMILES string of the molecule is CC1=C(c2ccccc2)C/C1=C\C1CCCCC1. The molecule has 0 unspecified atom stereocenters. The summed E-state index contributed by atoms with van der Waals surface area (Å²) in [6.07, 6.45) is 10.9. The van der Waals surface area contributed by atoms with E-state index in [2.05, 4.69) is 43.3 Å². The van der Waals surface area contributed by atoms with Crippen LogP contribution in [0.4, 0.5) is 0 Å². The molecule has 1 saturated carbocycles. The topological polar surface area (TPSA) is 0 Å². The van der Waals surface area contributed by atoms with Gasteiger partial charge in [-0.15, -0.1) is 0 Å². The molecule has 2 aliphatic carbocycles. The van der Waals surface area contributed by atoms with Crippen molar-refractivity contribution in [2.24, 2.45) is 5.92 Å². The first kappa shape index (κ1) is 11.8. The zero-order chi connectivity index (χ0) is 12.4. The van der Waals surface area contributed by atoms with Gasteiger partial charge in [0, 0.05) is 0 Å². The van der Waals surface area contributed by atoms with Gasteiger partial charge in [0.2, 0.25) is 0 Å². The lowest BCUT2D eigenvalue weighted by Crippen LogP contribution is -2.10. The first-order chi connectivity index (χ1) is 8.84. The fourth-order valence-corrected chi connectivity index (χ4v) is 3.27. The van der Waals surface area contributed by atoms with Crippen molar-refractivity contribution in [1.82, 2.24) is 0 Å². The van der Waals surface area contributed by atoms with E-state index in [0.29, 0.717) is 0 Å². The van der Waals surface area contributed by atoms with Crippen LogP contribution in [0.3, 0.4) is 0 Å². The molecule has 94 valence electrons. The van der Waals surface area contributed by atoms with Crippen molar-refractivity contribution in [3.8, 4) is 0 Å². The largest absolute Gasteiger partial charge is 0.0776 e. The molecular formula is C18H22. The molecule has 0 N–H and O–H groups in total. The van der Waals surface area contributed by atoms with Crippen molar-refractivity contribution >= 4 is 5.57 Å². The summed E-state index contributed by atoms with van der Waals surface area (Å²) < 4.78 is 0. The van der Waals surface area contributed by atoms with Gasteiger partial charge in [0.15, 0.2) is 0 Å². The summed E-state index contributed by atoms with van der Waals surface area (Å²) in [4.78, 5) is 0. The van der Waals surface area contributed by atoms with Crippen LogP contribution in [0.1, 0.15) is 51.0 Å². The van der Waals surface area contributed by atoms with Crippen LogP contribution in [0.5, 0.6) is 0 Å². The number of benzene rings is 1. The van der Waals surface area contributed by atoms with Crippen molar-refractivity contribution in [1.29, 1.82) is 0 Å². The van der Waals surface area contributed by atoms with Crippen molar-refractivity contribution in [2.75, 3.05) is 0 Å². The second kappa shape index (κ2) is 5.14. The van der Waals surface area contributed by atoms with E-state index in [9.17, 15) is 0 Å². The third-order valence-electron chi connectivity index (χ3n) is 4.51. The zero-order valence-corrected chi connectivity index (χ0v) is 11.3. The molecule has 0 bridgehead atoms. The monoisotopic (exact) mass is 238 g/mol. The Labute approximate surface area is 110 Å². The number of hydrogen-bond donors (Lipinski definition) is 0. The first-order valence-electron chi connectivity index (χ1n) is 7.31. The van der Waals surface area contributed by atoms with E-state index >= 15 is 0 Å². The van der Waals surface area contributed by atoms with Crippen LogP contribution in [-0.4, -0.2) is 0 Å². The molecule has 18 heavy (non-hydrogen) atoms. The molecule has 0 heteroatoms. The Morgan fingerprint density at radius 3 is 2.39 bits per heavy atom. The standard InChI is InChI=1S/C18H22/c1-14-17(12-15-8-4-2-5-9-15)13-18(14)16-10-6-3-7-11-16/h3,6-7,10-12,15H,2,4-5,8-9,13H2,1H3/b17-12+. The minimum absolute atomic E-state index is 0.862. The second-order valence-electron chi connectivity index (χ2n) is 5.74. The molecule has 1 aromatic carbocycles. The van der Waals surface area contributed by atoms with Gasteiger partial charge in [-0.05, 0) is 54.4 Å². The van der Waals surface area contributed by atoms with Crippen LogP contribution in [0.15, 0.2) is 47.6 Å². The van der Waals surface area contributed by atoms with Crippen LogP contribution in [0, 0.1) is 5.92 Å². The lowest BCUT2D eigenvalue weighted by atomic mass is 9.77. The van der Waals surface area contributed by atoms with Crippen molar-refractivity contribution in [3.63, 3.8) is 0 Å². The van der Waals surface area contributed by atoms with E-state index in [0.717, 1.165) is 5.92 Å². The van der Waals surface area contributed by atoms with E-state index in [-0.39, 0.29) is 0 Å². The van der Waals surface area contributed by atoms with Gasteiger partial charge in [-0.25, -0.2) is 0 Å². The molecule has 0 nitrogen and oxygen atoms in total. The highest BCUT2D eigenvalue weighted by Crippen LogP contribution is 2.42. The fraction of sp³-hybridized carbons (Fsp3) is 0.444. The average Bonchev–Trinajstić information content (AvgIpc) is 2.44. The Morgan fingerprint density at radius 2 is 1.72 bits per heavy atom. The molecule has 0 aliphatic heterocycles. The van der Waals surface area contributed by atoms with Crippen LogP contribution >= 0.6 is 0 Å². The molecule has 0 saturated heterocycles. The van der Waals surface area contributed by atoms with Crippen molar-refractivity contribution < 1.29 is 0 Å². The minimum Gasteiger partial charge on any atom is -0.0776 e. The Balaban J connectivity index is 1.75.